The van der Waals surface area contributed by atoms with Gasteiger partial charge in [0.15, 0.2) is 16.5 Å². The first-order valence-corrected chi connectivity index (χ1v) is 37.4. The number of nitrogens with zero attached hydrogens (tertiary/aromatic N) is 9. The van der Waals surface area contributed by atoms with Gasteiger partial charge in [0.1, 0.15) is 24.5 Å². The van der Waals surface area contributed by atoms with Gasteiger partial charge in [-0.1, -0.05) is 69.7 Å². The zero-order valence-electron chi connectivity index (χ0n) is 58.1. The average Bonchev–Trinajstić information content (AvgIpc) is 0.711. The number of amides is 7. The number of thiazole rings is 1. The first-order valence-electron chi connectivity index (χ1n) is 34.7. The molecule has 6 heterocycles. The van der Waals surface area contributed by atoms with Crippen molar-refractivity contribution < 1.29 is 72.5 Å². The van der Waals surface area contributed by atoms with Crippen molar-refractivity contribution in [1.29, 1.82) is 0 Å². The molecular weight excluding hydrogens is 1350 g/mol. The first kappa shape index (κ1) is 74.4. The van der Waals surface area contributed by atoms with Gasteiger partial charge in [-0.05, 0) is 172 Å². The lowest BCUT2D eigenvalue weighted by Crippen LogP contribution is -2.64. The number of carbonyl (C=O) groups is 8. The van der Waals surface area contributed by atoms with E-state index in [0.717, 1.165) is 58.5 Å². The number of nitrogens with two attached hydrogens (primary N) is 1. The smallest absolute Gasteiger partial charge is 0.410 e. The molecule has 9 N–H and O–H groups in total. The molecule has 2 aliphatic heterocycles. The summed E-state index contributed by atoms with van der Waals surface area (Å²) in [5.74, 6) is -4.35. The van der Waals surface area contributed by atoms with E-state index < -0.39 is 67.1 Å². The van der Waals surface area contributed by atoms with Gasteiger partial charge in [-0.25, -0.2) is 24.6 Å². The molecule has 6 aromatic rings. The molecule has 0 radical (unpaired) electrons. The highest BCUT2D eigenvalue weighted by molar-refractivity contribution is 7.51. The predicted octanol–water partition coefficient (Wildman–Crippen LogP) is 9.00. The van der Waals surface area contributed by atoms with Crippen molar-refractivity contribution >= 4 is 93.4 Å². The number of fused-ring (bicyclic) bond motifs is 2. The van der Waals surface area contributed by atoms with E-state index in [1.165, 1.54) is 28.4 Å². The van der Waals surface area contributed by atoms with E-state index in [0.29, 0.717) is 101 Å². The Bertz CT molecular complexity index is 4180. The Kier molecular flexibility index (Phi) is 22.6. The maximum atomic E-state index is 14.0. The molecule has 4 saturated carbocycles. The minimum absolute atomic E-state index is 0.00813. The Balaban J connectivity index is 0.700. The maximum absolute atomic E-state index is 14.0. The SMILES string of the molecule is Cc1c(-c2ccc(N3CCc4cccc(C(=O)Nc5nc6ncccc6s5)c4C3)nc2C(=O)O)cnn1CC12CC3(C)CC(C)(C1)CC(OCCN(CCCP(=O)(O)O)C(=O)OCc1ccc(NC(=O)[C@H](CCCN)N(O)C(=O)[C@@H](NC(=O)CCCCCN4C(=O)C=CC4=O)C(C)C)cc1)(C3)C2. The highest BCUT2D eigenvalue weighted by Crippen LogP contribution is 2.72. The number of hydrogen-bond donors (Lipinski definition) is 8. The van der Waals surface area contributed by atoms with Gasteiger partial charge >= 0.3 is 19.7 Å². The lowest BCUT2D eigenvalue weighted by molar-refractivity contribution is -0.248. The molecule has 4 fully saturated rings. The number of hydroxylamine groups is 2. The van der Waals surface area contributed by atoms with Crippen LogP contribution in [0.3, 0.4) is 0 Å². The topological polar surface area (TPSA) is 385 Å². The fraction of sp³-hybridized carbons (Fsp3) is 0.500. The first-order chi connectivity index (χ1) is 48.5. The van der Waals surface area contributed by atoms with Crippen LogP contribution in [0.25, 0.3) is 21.5 Å². The Labute approximate surface area is 594 Å². The number of carbonyl (C=O) groups excluding carboxylic acids is 7. The standard InChI is InChI=1S/C72H90N13O15PS/c1-45(2)60(78-57(86)17-7-6-8-30-83-58(87)24-25-59(83)88)65(91)85(95)54(15-10-27-73)64(90)76-49-20-18-47(19-21-49)37-99-68(94)81(29-12-34-101(96,97)98)32-33-100-72-41-69(4)38-70(5,42-72)40-71(39-69,43-72)44-84-46(3)52(35-75-84)50-22-23-56(77-61(50)66(92)93)82-31-26-48-13-9-14-51(53(48)36-82)63(89)80-67-79-62-55(102-67)16-11-28-74-62/h9,11,13-14,16,18-25,28,35,45,54,60,95H,6-8,10,12,15,17,26-27,29-34,36-44,73H2,1-5H3,(H,76,90)(H,78,86)(H,92,93)(H2,96,97,98)(H,74,79,80,89)/t54-,60-,69?,70?,71?,72?/m0/s1. The average molecular weight is 1440 g/mol. The number of anilines is 3. The minimum Gasteiger partial charge on any atom is -0.476 e. The molecule has 2 aromatic carbocycles. The molecule has 0 spiro atoms. The van der Waals surface area contributed by atoms with Crippen LogP contribution in [0.5, 0.6) is 0 Å². The van der Waals surface area contributed by atoms with Gasteiger partial charge in [-0.15, -0.1) is 0 Å². The largest absolute Gasteiger partial charge is 0.476 e. The zero-order valence-corrected chi connectivity index (χ0v) is 59.8. The van der Waals surface area contributed by atoms with Crippen LogP contribution in [0, 0.1) is 29.1 Å². The summed E-state index contributed by atoms with van der Waals surface area (Å²) in [4.78, 5) is 143. The second kappa shape index (κ2) is 31.0. The molecule has 544 valence electrons. The van der Waals surface area contributed by atoms with Gasteiger partial charge in [0.05, 0.1) is 29.3 Å². The molecule has 30 heteroatoms. The maximum Gasteiger partial charge on any atom is 0.410 e. The normalized spacial score (nSPS) is 21.1. The fourth-order valence-corrected chi connectivity index (χ4v) is 18.1. The number of aromatic nitrogens is 5. The second-order valence-electron chi connectivity index (χ2n) is 29.2. The third kappa shape index (κ3) is 17.4. The summed E-state index contributed by atoms with van der Waals surface area (Å²) >= 11 is 1.34. The molecule has 4 atom stereocenters. The van der Waals surface area contributed by atoms with Crippen molar-refractivity contribution in [3.63, 3.8) is 0 Å². The van der Waals surface area contributed by atoms with E-state index in [1.807, 2.05) is 46.8 Å². The van der Waals surface area contributed by atoms with E-state index in [4.69, 9.17) is 25.3 Å². The van der Waals surface area contributed by atoms with Crippen LogP contribution < -0.4 is 26.6 Å². The van der Waals surface area contributed by atoms with E-state index >= 15 is 0 Å². The molecule has 12 rings (SSSR count). The van der Waals surface area contributed by atoms with Crippen LogP contribution in [0.15, 0.2) is 91.3 Å². The van der Waals surface area contributed by atoms with Crippen LogP contribution in [0.4, 0.5) is 21.4 Å². The number of nitrogens with one attached hydrogen (secondary N) is 3. The van der Waals surface area contributed by atoms with Gasteiger partial charge in [-0.2, -0.15) is 10.1 Å². The number of rotatable bonds is 32. The zero-order chi connectivity index (χ0) is 72.9. The predicted molar refractivity (Wildman–Crippen MR) is 379 cm³/mol. The Morgan fingerprint density at radius 3 is 2.28 bits per heavy atom. The Hall–Kier alpha value is -8.83. The summed E-state index contributed by atoms with van der Waals surface area (Å²) in [6, 6.07) is 16.8. The lowest BCUT2D eigenvalue weighted by Gasteiger charge is -2.69. The highest BCUT2D eigenvalue weighted by atomic mass is 32.1. The summed E-state index contributed by atoms with van der Waals surface area (Å²) in [6.45, 7) is 11.7. The number of carboxylic acid groups (broad SMARTS) is 1. The number of ether oxygens (including phenoxy) is 2. The van der Waals surface area contributed by atoms with Crippen molar-refractivity contribution in [2.45, 2.75) is 162 Å². The van der Waals surface area contributed by atoms with Crippen molar-refractivity contribution in [3.8, 4) is 11.1 Å². The molecule has 4 aliphatic carbocycles. The third-order valence-corrected chi connectivity index (χ3v) is 22.1. The van der Waals surface area contributed by atoms with Crippen LogP contribution in [0.2, 0.25) is 0 Å². The minimum atomic E-state index is -4.41. The Morgan fingerprint density at radius 2 is 1.59 bits per heavy atom. The summed E-state index contributed by atoms with van der Waals surface area (Å²) < 4.78 is 27.7. The van der Waals surface area contributed by atoms with Gasteiger partial charge in [0, 0.05) is 92.1 Å². The molecule has 28 nitrogen and oxygen atoms in total. The van der Waals surface area contributed by atoms with Crippen molar-refractivity contribution in [3.05, 3.63) is 125 Å². The van der Waals surface area contributed by atoms with Crippen LogP contribution in [0.1, 0.15) is 154 Å². The Morgan fingerprint density at radius 1 is 0.843 bits per heavy atom. The molecular formula is C72H90N13O15PS. The van der Waals surface area contributed by atoms with Crippen molar-refractivity contribution in [1.82, 2.24) is 44.9 Å². The summed E-state index contributed by atoms with van der Waals surface area (Å²) in [5, 5.41) is 36.2. The lowest BCUT2D eigenvalue weighted by atomic mass is 9.39. The third-order valence-electron chi connectivity index (χ3n) is 20.3. The summed E-state index contributed by atoms with van der Waals surface area (Å²) in [6.07, 6.45) is 12.1. The van der Waals surface area contributed by atoms with Crippen LogP contribution in [-0.4, -0.2) is 170 Å². The number of pyridine rings is 2. The number of benzene rings is 2. The van der Waals surface area contributed by atoms with E-state index in [2.05, 4.69) is 39.8 Å². The molecule has 2 unspecified atom stereocenters. The van der Waals surface area contributed by atoms with E-state index in [9.17, 15) is 63.0 Å². The summed E-state index contributed by atoms with van der Waals surface area (Å²) in [7, 11) is -4.41. The molecule has 0 saturated heterocycles. The van der Waals surface area contributed by atoms with E-state index in [-0.39, 0.29) is 105 Å². The number of unbranched alkanes of at least 4 members (excludes halogenated alkanes) is 2. The molecule has 4 bridgehead atoms. The molecule has 102 heavy (non-hydrogen) atoms. The number of hydrogen-bond acceptors (Lipinski definition) is 19. The second-order valence-corrected chi connectivity index (χ2v) is 32.0. The van der Waals surface area contributed by atoms with Gasteiger partial charge in [0.2, 0.25) is 11.8 Å². The molecule has 6 aliphatic rings. The number of carboxylic acids is 1. The van der Waals surface area contributed by atoms with Crippen molar-refractivity contribution in [2.24, 2.45) is 27.9 Å². The molecule has 7 amide bonds. The van der Waals surface area contributed by atoms with Crippen LogP contribution in [-0.2, 0) is 64.1 Å². The quantitative estimate of drug-likeness (QED) is 0.00641. The summed E-state index contributed by atoms with van der Waals surface area (Å²) in [5.41, 5.74) is 10.2. The van der Waals surface area contributed by atoms with E-state index in [1.54, 1.807) is 62.6 Å². The fourth-order valence-electron chi connectivity index (χ4n) is 16.7. The number of imide groups is 1. The van der Waals surface area contributed by atoms with Gasteiger partial charge < -0.3 is 50.5 Å². The molecule has 4 aromatic heterocycles. The van der Waals surface area contributed by atoms with Crippen LogP contribution >= 0.6 is 18.9 Å². The van der Waals surface area contributed by atoms with Gasteiger partial charge in [-0.3, -0.25) is 53.4 Å². The number of aromatic carboxylic acids is 1. The van der Waals surface area contributed by atoms with Gasteiger partial charge in [0.25, 0.3) is 23.6 Å². The highest BCUT2D eigenvalue weighted by Gasteiger charge is 2.66. The monoisotopic (exact) mass is 1440 g/mol. The van der Waals surface area contributed by atoms with Crippen molar-refractivity contribution in [2.75, 3.05) is 61.0 Å².